The Labute approximate surface area is 248 Å². The maximum atomic E-state index is 14.7. The van der Waals surface area contributed by atoms with Crippen LogP contribution in [0, 0.1) is 0 Å². The van der Waals surface area contributed by atoms with E-state index in [1.54, 1.807) is 0 Å². The van der Waals surface area contributed by atoms with Gasteiger partial charge >= 0.3 is 249 Å². The summed E-state index contributed by atoms with van der Waals surface area (Å²) in [7, 11) is 0. The van der Waals surface area contributed by atoms with Crippen molar-refractivity contribution in [2.24, 2.45) is 0 Å². The van der Waals surface area contributed by atoms with Gasteiger partial charge in [0.25, 0.3) is 0 Å². The molecule has 7 heteroatoms. The van der Waals surface area contributed by atoms with E-state index in [-0.39, 0.29) is 25.9 Å². The predicted molar refractivity (Wildman–Crippen MR) is 161 cm³/mol. The molecular weight excluding hydrogens is 540 g/mol. The fraction of sp³-hybridized carbons (Fsp3) is 0.909. The Hall–Kier alpha value is -0.716. The van der Waals surface area contributed by atoms with Crippen LogP contribution in [0.2, 0.25) is 0 Å². The Balaban J connectivity index is 5.40. The molecule has 0 fully saturated rings. The van der Waals surface area contributed by atoms with Crippen molar-refractivity contribution < 1.29 is 40.4 Å². The molecule has 0 atom stereocenters. The van der Waals surface area contributed by atoms with Crippen LogP contribution < -0.4 is 0 Å². The first-order valence-corrected chi connectivity index (χ1v) is 20.6. The van der Waals surface area contributed by atoms with Gasteiger partial charge in [0.05, 0.1) is 0 Å². The van der Waals surface area contributed by atoms with Gasteiger partial charge in [-0.1, -0.05) is 0 Å². The van der Waals surface area contributed by atoms with E-state index in [0.29, 0.717) is 25.7 Å². The van der Waals surface area contributed by atoms with Crippen LogP contribution in [0.3, 0.4) is 0 Å². The Bertz CT molecular complexity index is 698. The van der Waals surface area contributed by atoms with E-state index in [0.717, 1.165) is 57.8 Å². The second-order valence-electron chi connectivity index (χ2n) is 11.8. The number of carbonyl (C=O) groups excluding carboxylic acids is 3. The van der Waals surface area contributed by atoms with Gasteiger partial charge in [-0.05, 0) is 0 Å². The average molecular weight is 605 g/mol. The molecule has 0 saturated heterocycles. The molecule has 0 spiro atoms. The molecule has 0 amide bonds. The summed E-state index contributed by atoms with van der Waals surface area (Å²) in [4.78, 5) is 40.2. The second-order valence-corrected chi connectivity index (χ2v) is 17.4. The number of carbonyl (C=O) groups is 3. The SMILES string of the molecule is CCCCCCCCCC(=O)[O][Ti](=[O])([O]CCC)([C](=O)CCCCCCCCC)[C](=O)CCCCCCCCC. The van der Waals surface area contributed by atoms with Crippen LogP contribution in [-0.4, -0.2) is 20.8 Å². The quantitative estimate of drug-likeness (QED) is 0.0599. The molecule has 236 valence electrons. The summed E-state index contributed by atoms with van der Waals surface area (Å²) in [5, 5.41) is 0. The Morgan fingerprint density at radius 1 is 0.450 bits per heavy atom. The molecule has 0 aromatic heterocycles. The normalized spacial score (nSPS) is 12.0. The van der Waals surface area contributed by atoms with E-state index < -0.39 is 30.2 Å². The third kappa shape index (κ3) is 16.7. The zero-order chi connectivity index (χ0) is 30.0. The van der Waals surface area contributed by atoms with Crippen molar-refractivity contribution in [1.82, 2.24) is 0 Å². The van der Waals surface area contributed by atoms with Crippen molar-refractivity contribution in [3.8, 4) is 0 Å². The van der Waals surface area contributed by atoms with E-state index in [4.69, 9.17) is 6.64 Å². The van der Waals surface area contributed by atoms with Gasteiger partial charge in [-0.2, -0.15) is 0 Å². The van der Waals surface area contributed by atoms with E-state index >= 15 is 0 Å². The van der Waals surface area contributed by atoms with Gasteiger partial charge in [-0.15, -0.1) is 0 Å². The van der Waals surface area contributed by atoms with E-state index in [1.165, 1.54) is 57.8 Å². The topological polar surface area (TPSA) is 86.7 Å². The maximum absolute atomic E-state index is 14.7. The van der Waals surface area contributed by atoms with Crippen LogP contribution >= 0.6 is 0 Å². The number of hydrogen-bond donors (Lipinski definition) is 0. The molecule has 6 nitrogen and oxygen atoms in total. The molecule has 0 aliphatic rings. The molecule has 0 rings (SSSR count). The zero-order valence-corrected chi connectivity index (χ0v) is 28.4. The summed E-state index contributed by atoms with van der Waals surface area (Å²) < 4.78 is 24.5. The van der Waals surface area contributed by atoms with Crippen LogP contribution in [0.15, 0.2) is 0 Å². The van der Waals surface area contributed by atoms with Crippen LogP contribution in [-0.2, 0) is 40.4 Å². The van der Waals surface area contributed by atoms with Crippen LogP contribution in [0.4, 0.5) is 0 Å². The van der Waals surface area contributed by atoms with Crippen molar-refractivity contribution in [2.45, 2.75) is 188 Å². The summed E-state index contributed by atoms with van der Waals surface area (Å²) in [5.41, 5.74) is 0. The molecule has 40 heavy (non-hydrogen) atoms. The van der Waals surface area contributed by atoms with Crippen LogP contribution in [0.5, 0.6) is 0 Å². The molecule has 0 saturated carbocycles. The van der Waals surface area contributed by atoms with E-state index in [9.17, 15) is 17.7 Å². The molecule has 0 aliphatic carbocycles. The Morgan fingerprint density at radius 3 is 1.12 bits per heavy atom. The first-order chi connectivity index (χ1) is 19.3. The first kappa shape index (κ1) is 39.3. The molecular formula is C33H64O6Ti. The number of rotatable bonds is 30. The predicted octanol–water partition coefficient (Wildman–Crippen LogP) is 10.3. The van der Waals surface area contributed by atoms with Crippen molar-refractivity contribution in [1.29, 1.82) is 0 Å². The first-order valence-electron chi connectivity index (χ1n) is 17.1. The fourth-order valence-electron chi connectivity index (χ4n) is 5.15. The van der Waals surface area contributed by atoms with Crippen molar-refractivity contribution in [2.75, 3.05) is 6.61 Å². The summed E-state index contributed by atoms with van der Waals surface area (Å²) in [6.45, 7) is 8.33. The molecule has 0 radical (unpaired) electrons. The summed E-state index contributed by atoms with van der Waals surface area (Å²) in [5.74, 6) is -0.725. The van der Waals surface area contributed by atoms with Gasteiger partial charge in [-0.25, -0.2) is 0 Å². The van der Waals surface area contributed by atoms with Gasteiger partial charge in [0.2, 0.25) is 0 Å². The monoisotopic (exact) mass is 604 g/mol. The number of hydrogen-bond acceptors (Lipinski definition) is 6. The number of unbranched alkanes of at least 4 members (excludes halogenated alkanes) is 18. The standard InChI is InChI=1S/C10H20O2.2C10H19O.C3H7O.O.Ti/c1-2-3-4-5-6-7-8-9-10(11)12;2*1-2-3-4-5-6-7-8-9-10-11;1-2-3-4;;/h2-9H2,1H3,(H,11,12);2*2-9H2,1H3;2-3H2,1H3;;/q;;;-1;;+2/p-1. The minimum absolute atomic E-state index is 0.0308. The van der Waals surface area contributed by atoms with Crippen molar-refractivity contribution >= 4 is 14.1 Å². The van der Waals surface area contributed by atoms with Crippen molar-refractivity contribution in [3.05, 3.63) is 0 Å². The Morgan fingerprint density at radius 2 is 0.775 bits per heavy atom. The van der Waals surface area contributed by atoms with E-state index in [2.05, 4.69) is 20.8 Å². The van der Waals surface area contributed by atoms with Gasteiger partial charge in [0.15, 0.2) is 0 Å². The Kier molecular flexibility index (Phi) is 24.4. The molecule has 0 aromatic carbocycles. The summed E-state index contributed by atoms with van der Waals surface area (Å²) in [6, 6.07) is 0. The van der Waals surface area contributed by atoms with Gasteiger partial charge in [0.1, 0.15) is 0 Å². The molecule has 0 aromatic rings. The second kappa shape index (κ2) is 24.8. The van der Waals surface area contributed by atoms with Crippen LogP contribution in [0.25, 0.3) is 0 Å². The minimum atomic E-state index is -6.62. The fourth-order valence-corrected chi connectivity index (χ4v) is 10.2. The zero-order valence-electron chi connectivity index (χ0n) is 26.8. The molecule has 0 N–H and O–H groups in total. The molecule has 0 aliphatic heterocycles. The molecule has 0 bridgehead atoms. The summed E-state index contributed by atoms with van der Waals surface area (Å²) in [6.07, 6.45) is 21.6. The molecule has 0 heterocycles. The van der Waals surface area contributed by atoms with Gasteiger partial charge in [-0.3, -0.25) is 0 Å². The third-order valence-corrected chi connectivity index (χ3v) is 13.7. The third-order valence-electron chi connectivity index (χ3n) is 7.83. The molecule has 0 unspecified atom stereocenters. The average Bonchev–Trinajstić information content (AvgIpc) is 2.94. The van der Waals surface area contributed by atoms with E-state index in [1.807, 2.05) is 6.92 Å². The van der Waals surface area contributed by atoms with Gasteiger partial charge in [0, 0.05) is 0 Å². The van der Waals surface area contributed by atoms with Gasteiger partial charge < -0.3 is 0 Å². The summed E-state index contributed by atoms with van der Waals surface area (Å²) >= 11 is -6.62. The van der Waals surface area contributed by atoms with Crippen molar-refractivity contribution in [3.63, 3.8) is 0 Å². The van der Waals surface area contributed by atoms with Crippen LogP contribution in [0.1, 0.15) is 188 Å².